The van der Waals surface area contributed by atoms with Gasteiger partial charge >= 0.3 is 0 Å². The summed E-state index contributed by atoms with van der Waals surface area (Å²) in [7, 11) is 1.84. The molecule has 0 saturated carbocycles. The lowest BCUT2D eigenvalue weighted by Crippen LogP contribution is -2.20. The second-order valence-electron chi connectivity index (χ2n) is 6.03. The molecule has 4 nitrogen and oxygen atoms in total. The minimum Gasteiger partial charge on any atom is -0.490 e. The van der Waals surface area contributed by atoms with Gasteiger partial charge in [0, 0.05) is 24.5 Å². The molecule has 5 heteroatoms. The molecule has 0 aliphatic rings. The minimum absolute atomic E-state index is 0.00755. The van der Waals surface area contributed by atoms with Gasteiger partial charge in [0.1, 0.15) is 23.0 Å². The second kappa shape index (κ2) is 8.63. The van der Waals surface area contributed by atoms with Crippen LogP contribution in [0.2, 0.25) is 0 Å². The van der Waals surface area contributed by atoms with Gasteiger partial charge in [-0.1, -0.05) is 43.6 Å². The molecule has 2 aromatic rings. The van der Waals surface area contributed by atoms with Crippen molar-refractivity contribution >= 4 is 29.3 Å². The van der Waals surface area contributed by atoms with Gasteiger partial charge in [0.05, 0.1) is 0 Å². The molecule has 0 bridgehead atoms. The maximum Gasteiger partial charge on any atom is 0.157 e. The van der Waals surface area contributed by atoms with Crippen LogP contribution in [-0.4, -0.2) is 24.0 Å². The number of aromatic nitrogens is 1. The van der Waals surface area contributed by atoms with E-state index >= 15 is 0 Å². The fraction of sp³-hybridized carbons (Fsp3) is 0.238. The normalized spacial score (nSPS) is 11.5. The zero-order chi connectivity index (χ0) is 19.3. The summed E-state index contributed by atoms with van der Waals surface area (Å²) in [6, 6.07) is 8.87. The summed E-state index contributed by atoms with van der Waals surface area (Å²) in [6.07, 6.45) is 3.52. The molecule has 0 aliphatic heterocycles. The molecule has 1 aromatic heterocycles. The first kappa shape index (κ1) is 19.7. The molecule has 136 valence electrons. The molecular formula is C21H24N2O2S. The Bertz CT molecular complexity index is 899. The van der Waals surface area contributed by atoms with Gasteiger partial charge in [0.25, 0.3) is 0 Å². The average Bonchev–Trinajstić information content (AvgIpc) is 2.61. The van der Waals surface area contributed by atoms with Gasteiger partial charge in [-0.25, -0.2) is 0 Å². The first-order chi connectivity index (χ1) is 12.4. The van der Waals surface area contributed by atoms with Crippen LogP contribution in [0.15, 0.2) is 55.8 Å². The summed E-state index contributed by atoms with van der Waals surface area (Å²) >= 11 is 5.69. The Labute approximate surface area is 159 Å². The lowest BCUT2D eigenvalue weighted by atomic mass is 10.0. The van der Waals surface area contributed by atoms with Crippen molar-refractivity contribution in [2.45, 2.75) is 19.9 Å². The molecule has 1 heterocycles. The second-order valence-corrected chi connectivity index (χ2v) is 6.42. The van der Waals surface area contributed by atoms with E-state index in [2.05, 4.69) is 18.5 Å². The van der Waals surface area contributed by atoms with Gasteiger partial charge in [-0.3, -0.25) is 4.79 Å². The largest absolute Gasteiger partial charge is 0.490 e. The highest BCUT2D eigenvalue weighted by Gasteiger charge is 2.21. The molecule has 1 aromatic carbocycles. The van der Waals surface area contributed by atoms with Crippen LogP contribution < -0.4 is 10.1 Å². The molecule has 0 spiro atoms. The van der Waals surface area contributed by atoms with E-state index in [1.54, 1.807) is 13.0 Å². The van der Waals surface area contributed by atoms with Crippen molar-refractivity contribution < 1.29 is 9.53 Å². The van der Waals surface area contributed by atoms with Crippen molar-refractivity contribution in [3.8, 4) is 5.75 Å². The third-order valence-corrected chi connectivity index (χ3v) is 4.44. The standard InChI is InChI=1S/C21H24N2O2S/c1-6-12-25-17-9-7-8-16(13-17)20(15(4)24)23-11-10-18(22-5)19(14(2)3)21(23)26/h6-11,13,20,22H,1-2,12H2,3-5H3. The van der Waals surface area contributed by atoms with Crippen LogP contribution in [-0.2, 0) is 4.79 Å². The fourth-order valence-corrected chi connectivity index (χ4v) is 3.35. The zero-order valence-corrected chi connectivity index (χ0v) is 16.2. The molecule has 0 radical (unpaired) electrons. The van der Waals surface area contributed by atoms with Gasteiger partial charge in [-0.05, 0) is 43.2 Å². The van der Waals surface area contributed by atoms with E-state index in [1.807, 2.05) is 55.1 Å². The van der Waals surface area contributed by atoms with Crippen molar-refractivity contribution in [1.29, 1.82) is 0 Å². The SMILES string of the molecule is C=CCOc1cccc(C(C(C)=O)n2ccc(NC)c(C(=C)C)c2=S)c1. The lowest BCUT2D eigenvalue weighted by Gasteiger charge is -2.22. The van der Waals surface area contributed by atoms with E-state index in [4.69, 9.17) is 17.0 Å². The number of hydrogen-bond acceptors (Lipinski definition) is 4. The Hall–Kier alpha value is -2.66. The van der Waals surface area contributed by atoms with Crippen molar-refractivity contribution in [2.24, 2.45) is 0 Å². The van der Waals surface area contributed by atoms with Crippen LogP contribution in [0.4, 0.5) is 5.69 Å². The van der Waals surface area contributed by atoms with E-state index in [1.165, 1.54) is 0 Å². The molecule has 0 saturated heterocycles. The molecule has 1 N–H and O–H groups in total. The number of Topliss-reactive ketones (excluding diaryl/α,β-unsaturated/α-hetero) is 1. The van der Waals surface area contributed by atoms with Crippen molar-refractivity contribution in [2.75, 3.05) is 19.0 Å². The number of allylic oxidation sites excluding steroid dienone is 1. The molecule has 0 fully saturated rings. The number of ether oxygens (including phenoxy) is 1. The fourth-order valence-electron chi connectivity index (χ4n) is 2.90. The number of nitrogens with one attached hydrogen (secondary N) is 1. The summed E-state index contributed by atoms with van der Waals surface area (Å²) in [4.78, 5) is 12.5. The highest BCUT2D eigenvalue weighted by atomic mass is 32.1. The maximum atomic E-state index is 12.5. The minimum atomic E-state index is -0.529. The third kappa shape index (κ3) is 4.11. The van der Waals surface area contributed by atoms with Crippen LogP contribution in [0, 0.1) is 4.64 Å². The highest BCUT2D eigenvalue weighted by Crippen LogP contribution is 2.29. The first-order valence-electron chi connectivity index (χ1n) is 8.33. The van der Waals surface area contributed by atoms with E-state index in [-0.39, 0.29) is 5.78 Å². The van der Waals surface area contributed by atoms with Gasteiger partial charge in [0.2, 0.25) is 0 Å². The predicted molar refractivity (Wildman–Crippen MR) is 110 cm³/mol. The molecule has 1 unspecified atom stereocenters. The number of ketones is 1. The average molecular weight is 369 g/mol. The Morgan fingerprint density at radius 2 is 2.12 bits per heavy atom. The van der Waals surface area contributed by atoms with Gasteiger partial charge in [0.15, 0.2) is 5.78 Å². The van der Waals surface area contributed by atoms with Crippen LogP contribution >= 0.6 is 12.2 Å². The Morgan fingerprint density at radius 3 is 2.69 bits per heavy atom. The lowest BCUT2D eigenvalue weighted by molar-refractivity contribution is -0.119. The summed E-state index contributed by atoms with van der Waals surface area (Å²) in [6.45, 7) is 11.6. The van der Waals surface area contributed by atoms with E-state index in [9.17, 15) is 4.79 Å². The van der Waals surface area contributed by atoms with Crippen LogP contribution in [0.5, 0.6) is 5.75 Å². The Kier molecular flexibility index (Phi) is 6.52. The molecule has 2 rings (SSSR count). The maximum absolute atomic E-state index is 12.5. The summed E-state index contributed by atoms with van der Waals surface area (Å²) in [5.41, 5.74) is 3.40. The molecule has 1 atom stereocenters. The van der Waals surface area contributed by atoms with Crippen molar-refractivity contribution in [3.05, 3.63) is 71.5 Å². The van der Waals surface area contributed by atoms with Crippen molar-refractivity contribution in [3.63, 3.8) is 0 Å². The monoisotopic (exact) mass is 368 g/mol. The van der Waals surface area contributed by atoms with Gasteiger partial charge < -0.3 is 14.6 Å². The zero-order valence-electron chi connectivity index (χ0n) is 15.4. The number of anilines is 1. The van der Waals surface area contributed by atoms with Crippen molar-refractivity contribution in [1.82, 2.24) is 4.57 Å². The summed E-state index contributed by atoms with van der Waals surface area (Å²) in [5.74, 6) is 0.680. The molecule has 0 aliphatic carbocycles. The number of rotatable bonds is 8. The van der Waals surface area contributed by atoms with E-state index in [0.29, 0.717) is 17.0 Å². The number of carbonyl (C=O) groups is 1. The van der Waals surface area contributed by atoms with Crippen LogP contribution in [0.3, 0.4) is 0 Å². The quantitative estimate of drug-likeness (QED) is 0.524. The van der Waals surface area contributed by atoms with E-state index < -0.39 is 6.04 Å². The number of pyridine rings is 1. The van der Waals surface area contributed by atoms with Crippen LogP contribution in [0.25, 0.3) is 5.57 Å². The number of hydrogen-bond donors (Lipinski definition) is 1. The van der Waals surface area contributed by atoms with E-state index in [0.717, 1.165) is 22.4 Å². The van der Waals surface area contributed by atoms with Gasteiger partial charge in [-0.2, -0.15) is 0 Å². The number of carbonyl (C=O) groups excluding carboxylic acids is 1. The highest BCUT2D eigenvalue weighted by molar-refractivity contribution is 7.71. The summed E-state index contributed by atoms with van der Waals surface area (Å²) in [5, 5.41) is 3.13. The molecular weight excluding hydrogens is 344 g/mol. The smallest absolute Gasteiger partial charge is 0.157 e. The summed E-state index contributed by atoms with van der Waals surface area (Å²) < 4.78 is 7.99. The predicted octanol–water partition coefficient (Wildman–Crippen LogP) is 5.04. The third-order valence-electron chi connectivity index (χ3n) is 4.02. The number of nitrogens with zero attached hydrogens (tertiary/aromatic N) is 1. The first-order valence-corrected chi connectivity index (χ1v) is 8.74. The van der Waals surface area contributed by atoms with Gasteiger partial charge in [-0.15, -0.1) is 0 Å². The topological polar surface area (TPSA) is 43.3 Å². The number of benzene rings is 1. The Balaban J connectivity index is 2.61. The molecule has 26 heavy (non-hydrogen) atoms. The molecule has 0 amide bonds. The Morgan fingerprint density at radius 1 is 1.38 bits per heavy atom. The van der Waals surface area contributed by atoms with Crippen LogP contribution in [0.1, 0.15) is 31.0 Å².